The highest BCUT2D eigenvalue weighted by molar-refractivity contribution is 5.84. The Morgan fingerprint density at radius 1 is 0.828 bits per heavy atom. The quantitative estimate of drug-likeness (QED) is 0.511. The third-order valence-electron chi connectivity index (χ3n) is 5.08. The summed E-state index contributed by atoms with van der Waals surface area (Å²) in [5.41, 5.74) is 2.58. The molecule has 1 fully saturated rings. The van der Waals surface area contributed by atoms with Crippen molar-refractivity contribution >= 4 is 10.8 Å². The molecule has 0 N–H and O–H groups in total. The second kappa shape index (κ2) is 8.73. The molecule has 4 rings (SSSR count). The molecule has 1 saturated heterocycles. The summed E-state index contributed by atoms with van der Waals surface area (Å²) < 4.78 is 38.5. The molecule has 2 nitrogen and oxygen atoms in total. The van der Waals surface area contributed by atoms with Crippen molar-refractivity contribution in [2.75, 3.05) is 13.2 Å². The van der Waals surface area contributed by atoms with E-state index in [1.807, 2.05) is 24.3 Å². The predicted molar refractivity (Wildman–Crippen MR) is 109 cm³/mol. The average molecular weight is 392 g/mol. The van der Waals surface area contributed by atoms with Crippen molar-refractivity contribution in [3.05, 3.63) is 82.9 Å². The molecular formula is C25H22F2O2. The molecule has 0 atom stereocenters. The van der Waals surface area contributed by atoms with Gasteiger partial charge in [-0.2, -0.15) is 0 Å². The minimum atomic E-state index is -0.855. The molecule has 1 aliphatic heterocycles. The zero-order valence-corrected chi connectivity index (χ0v) is 16.3. The van der Waals surface area contributed by atoms with Gasteiger partial charge in [-0.25, -0.2) is 8.78 Å². The van der Waals surface area contributed by atoms with E-state index in [0.717, 1.165) is 42.7 Å². The predicted octanol–water partition coefficient (Wildman–Crippen LogP) is 5.98. The summed E-state index contributed by atoms with van der Waals surface area (Å²) in [7, 11) is 0. The van der Waals surface area contributed by atoms with Gasteiger partial charge in [0.25, 0.3) is 0 Å². The van der Waals surface area contributed by atoms with Crippen LogP contribution in [0, 0.1) is 29.4 Å². The van der Waals surface area contributed by atoms with Gasteiger partial charge in [-0.3, -0.25) is 0 Å². The zero-order valence-electron chi connectivity index (χ0n) is 16.3. The molecule has 3 aromatic carbocycles. The molecule has 0 saturated carbocycles. The Kier molecular flexibility index (Phi) is 5.89. The average Bonchev–Trinajstić information content (AvgIpc) is 2.74. The summed E-state index contributed by atoms with van der Waals surface area (Å²) in [6.07, 6.45) is 1.94. The smallest absolute Gasteiger partial charge is 0.183 e. The number of rotatable bonds is 3. The fraction of sp³-hybridized carbons (Fsp3) is 0.280. The summed E-state index contributed by atoms with van der Waals surface area (Å²) in [4.78, 5) is 0. The van der Waals surface area contributed by atoms with E-state index < -0.39 is 11.6 Å². The lowest BCUT2D eigenvalue weighted by atomic mass is 10.0. The lowest BCUT2D eigenvalue weighted by Gasteiger charge is -2.29. The van der Waals surface area contributed by atoms with Crippen molar-refractivity contribution in [2.45, 2.75) is 26.1 Å². The first kappa shape index (κ1) is 19.6. The lowest BCUT2D eigenvalue weighted by molar-refractivity contribution is -0.206. The molecule has 0 radical (unpaired) electrons. The van der Waals surface area contributed by atoms with Crippen LogP contribution in [-0.2, 0) is 9.47 Å². The van der Waals surface area contributed by atoms with E-state index in [9.17, 15) is 8.78 Å². The Bertz CT molecular complexity index is 1060. The summed E-state index contributed by atoms with van der Waals surface area (Å²) in [5.74, 6) is 4.96. The SMILES string of the molecule is CCCC1COC(c2ccc(C#Cc3ccc4cc(F)c(F)cc4c3)cc2)OC1. The summed E-state index contributed by atoms with van der Waals surface area (Å²) in [5, 5.41) is 1.27. The highest BCUT2D eigenvalue weighted by atomic mass is 19.2. The molecule has 29 heavy (non-hydrogen) atoms. The number of hydrogen-bond donors (Lipinski definition) is 0. The normalized spacial score (nSPS) is 19.0. The molecule has 0 spiro atoms. The highest BCUT2D eigenvalue weighted by Gasteiger charge is 2.22. The van der Waals surface area contributed by atoms with Gasteiger partial charge in [-0.1, -0.05) is 43.4 Å². The Balaban J connectivity index is 1.45. The second-order valence-electron chi connectivity index (χ2n) is 7.35. The first-order valence-corrected chi connectivity index (χ1v) is 9.86. The number of ether oxygens (including phenoxy) is 2. The van der Waals surface area contributed by atoms with Crippen LogP contribution in [0.1, 0.15) is 42.7 Å². The van der Waals surface area contributed by atoms with Crippen LogP contribution in [0.15, 0.2) is 54.6 Å². The van der Waals surface area contributed by atoms with E-state index in [0.29, 0.717) is 16.7 Å². The zero-order chi connectivity index (χ0) is 20.2. The van der Waals surface area contributed by atoms with Gasteiger partial charge in [0, 0.05) is 22.6 Å². The molecule has 1 heterocycles. The molecule has 0 aliphatic carbocycles. The van der Waals surface area contributed by atoms with E-state index in [-0.39, 0.29) is 6.29 Å². The van der Waals surface area contributed by atoms with Gasteiger partial charge in [0.05, 0.1) is 13.2 Å². The maximum absolute atomic E-state index is 13.5. The molecule has 1 aliphatic rings. The molecule has 0 aromatic heterocycles. The number of benzene rings is 3. The molecule has 0 amide bonds. The minimum Gasteiger partial charge on any atom is -0.348 e. The fourth-order valence-corrected chi connectivity index (χ4v) is 3.50. The molecular weight excluding hydrogens is 370 g/mol. The molecule has 4 heteroatoms. The summed E-state index contributed by atoms with van der Waals surface area (Å²) >= 11 is 0. The number of hydrogen-bond acceptors (Lipinski definition) is 2. The molecule has 0 bridgehead atoms. The maximum Gasteiger partial charge on any atom is 0.183 e. The van der Waals surface area contributed by atoms with Gasteiger partial charge in [0.1, 0.15) is 0 Å². The largest absolute Gasteiger partial charge is 0.348 e. The van der Waals surface area contributed by atoms with Crippen molar-refractivity contribution < 1.29 is 18.3 Å². The molecule has 148 valence electrons. The van der Waals surface area contributed by atoms with Crippen molar-refractivity contribution in [2.24, 2.45) is 5.92 Å². The second-order valence-corrected chi connectivity index (χ2v) is 7.35. The van der Waals surface area contributed by atoms with Crippen LogP contribution in [0.4, 0.5) is 8.78 Å². The van der Waals surface area contributed by atoms with E-state index in [4.69, 9.17) is 9.47 Å². The Labute approximate surface area is 169 Å². The summed E-state index contributed by atoms with van der Waals surface area (Å²) in [6.45, 7) is 3.63. The topological polar surface area (TPSA) is 18.5 Å². The fourth-order valence-electron chi connectivity index (χ4n) is 3.50. The maximum atomic E-state index is 13.5. The van der Waals surface area contributed by atoms with Crippen LogP contribution < -0.4 is 0 Å². The first-order chi connectivity index (χ1) is 14.1. The van der Waals surface area contributed by atoms with Gasteiger partial charge in [-0.05, 0) is 53.6 Å². The van der Waals surface area contributed by atoms with E-state index >= 15 is 0 Å². The van der Waals surface area contributed by atoms with Crippen LogP contribution in [0.5, 0.6) is 0 Å². The van der Waals surface area contributed by atoms with Crippen molar-refractivity contribution in [3.63, 3.8) is 0 Å². The van der Waals surface area contributed by atoms with Crippen LogP contribution in [-0.4, -0.2) is 13.2 Å². The van der Waals surface area contributed by atoms with E-state index in [1.165, 1.54) is 12.1 Å². The Hall–Kier alpha value is -2.74. The molecule has 3 aromatic rings. The van der Waals surface area contributed by atoms with E-state index in [1.54, 1.807) is 18.2 Å². The monoisotopic (exact) mass is 392 g/mol. The minimum absolute atomic E-state index is 0.319. The van der Waals surface area contributed by atoms with Crippen LogP contribution in [0.25, 0.3) is 10.8 Å². The van der Waals surface area contributed by atoms with Gasteiger partial charge >= 0.3 is 0 Å². The molecule has 0 unspecified atom stereocenters. The first-order valence-electron chi connectivity index (χ1n) is 9.86. The highest BCUT2D eigenvalue weighted by Crippen LogP contribution is 2.27. The van der Waals surface area contributed by atoms with Crippen LogP contribution in [0.3, 0.4) is 0 Å². The van der Waals surface area contributed by atoms with Crippen LogP contribution in [0.2, 0.25) is 0 Å². The summed E-state index contributed by atoms with van der Waals surface area (Å²) in [6, 6.07) is 15.5. The van der Waals surface area contributed by atoms with Gasteiger partial charge in [0.15, 0.2) is 17.9 Å². The van der Waals surface area contributed by atoms with Crippen molar-refractivity contribution in [1.82, 2.24) is 0 Å². The van der Waals surface area contributed by atoms with Crippen LogP contribution >= 0.6 is 0 Å². The third kappa shape index (κ3) is 4.64. The third-order valence-corrected chi connectivity index (χ3v) is 5.08. The number of halogens is 2. The van der Waals surface area contributed by atoms with Crippen molar-refractivity contribution in [1.29, 1.82) is 0 Å². The standard InChI is InChI=1S/C25H22F2O2/c1-2-3-19-15-28-25(29-16-19)20-9-6-17(7-10-20)4-5-18-8-11-21-13-23(26)24(27)14-22(21)12-18/h6-14,19,25H,2-3,15-16H2,1H3. The van der Waals surface area contributed by atoms with Gasteiger partial charge < -0.3 is 9.47 Å². The van der Waals surface area contributed by atoms with Gasteiger partial charge in [-0.15, -0.1) is 0 Å². The van der Waals surface area contributed by atoms with Gasteiger partial charge in [0.2, 0.25) is 0 Å². The number of fused-ring (bicyclic) bond motifs is 1. The van der Waals surface area contributed by atoms with E-state index in [2.05, 4.69) is 18.8 Å². The lowest BCUT2D eigenvalue weighted by Crippen LogP contribution is -2.26. The van der Waals surface area contributed by atoms with Crippen molar-refractivity contribution in [3.8, 4) is 11.8 Å². The Morgan fingerprint density at radius 2 is 1.45 bits per heavy atom. The Morgan fingerprint density at radius 3 is 2.14 bits per heavy atom.